The molecule has 0 radical (unpaired) electrons. The summed E-state index contributed by atoms with van der Waals surface area (Å²) in [4.78, 5) is 14.0. The molecule has 0 amide bonds. The first-order valence-electron chi connectivity index (χ1n) is 10.4. The molecule has 0 atom stereocenters. The molecule has 0 bridgehead atoms. The van der Waals surface area contributed by atoms with Gasteiger partial charge in [0.1, 0.15) is 5.75 Å². The first-order valence-corrected chi connectivity index (χ1v) is 10.7. The van der Waals surface area contributed by atoms with Gasteiger partial charge in [-0.05, 0) is 65.6 Å². The number of benzene rings is 3. The van der Waals surface area contributed by atoms with Crippen molar-refractivity contribution in [3.8, 4) is 11.5 Å². The second kappa shape index (κ2) is 9.42. The molecule has 36 heavy (non-hydrogen) atoms. The predicted molar refractivity (Wildman–Crippen MR) is 120 cm³/mol. The van der Waals surface area contributed by atoms with Crippen LogP contribution in [0.2, 0.25) is 5.02 Å². The molecule has 4 aromatic rings. The van der Waals surface area contributed by atoms with Crippen LogP contribution in [0.4, 0.5) is 26.3 Å². The summed E-state index contributed by atoms with van der Waals surface area (Å²) in [6.45, 7) is 0. The highest BCUT2D eigenvalue weighted by atomic mass is 35.5. The number of aliphatic carboxylic acids is 1. The van der Waals surface area contributed by atoms with Gasteiger partial charge in [-0.15, -0.1) is 0 Å². The molecule has 0 unspecified atom stereocenters. The van der Waals surface area contributed by atoms with Gasteiger partial charge in [0, 0.05) is 22.1 Å². The Morgan fingerprint density at radius 2 is 1.50 bits per heavy atom. The minimum Gasteiger partial charge on any atom is -0.481 e. The van der Waals surface area contributed by atoms with Gasteiger partial charge in [0.15, 0.2) is 5.75 Å². The van der Waals surface area contributed by atoms with Crippen LogP contribution in [-0.2, 0) is 30.0 Å². The lowest BCUT2D eigenvalue weighted by atomic mass is 10.0. The van der Waals surface area contributed by atoms with E-state index >= 15 is 0 Å². The molecule has 188 valence electrons. The van der Waals surface area contributed by atoms with Crippen LogP contribution in [-0.4, -0.2) is 16.1 Å². The fourth-order valence-corrected chi connectivity index (χ4v) is 3.93. The number of ether oxygens (including phenoxy) is 1. The van der Waals surface area contributed by atoms with Crippen LogP contribution in [0.1, 0.15) is 27.8 Å². The minimum atomic E-state index is -5.23. The average molecular weight is 528 g/mol. The molecule has 4 nitrogen and oxygen atoms in total. The molecule has 0 spiro atoms. The van der Waals surface area contributed by atoms with Crippen LogP contribution >= 0.6 is 11.6 Å². The van der Waals surface area contributed by atoms with Crippen molar-refractivity contribution < 1.29 is 41.0 Å². The summed E-state index contributed by atoms with van der Waals surface area (Å²) in [5.74, 6) is -3.27. The maximum atomic E-state index is 13.8. The van der Waals surface area contributed by atoms with Crippen molar-refractivity contribution in [2.24, 2.45) is 0 Å². The fourth-order valence-electron chi connectivity index (χ4n) is 3.80. The van der Waals surface area contributed by atoms with Crippen molar-refractivity contribution in [3.05, 3.63) is 93.6 Å². The number of carboxylic acids is 1. The number of hydrogen-bond acceptors (Lipinski definition) is 2. The molecule has 1 heterocycles. The van der Waals surface area contributed by atoms with Gasteiger partial charge < -0.3 is 14.8 Å². The molecule has 0 saturated heterocycles. The van der Waals surface area contributed by atoms with Crippen molar-refractivity contribution in [1.29, 1.82) is 0 Å². The topological polar surface area (TPSA) is 62.3 Å². The van der Waals surface area contributed by atoms with E-state index in [4.69, 9.17) is 21.4 Å². The Morgan fingerprint density at radius 3 is 2.06 bits per heavy atom. The highest BCUT2D eigenvalue weighted by Gasteiger charge is 2.43. The van der Waals surface area contributed by atoms with Crippen LogP contribution in [0, 0.1) is 0 Å². The van der Waals surface area contributed by atoms with Crippen LogP contribution < -0.4 is 4.74 Å². The lowest BCUT2D eigenvalue weighted by molar-refractivity contribution is -0.145. The normalized spacial score (nSPS) is 12.2. The van der Waals surface area contributed by atoms with Gasteiger partial charge in [0.2, 0.25) is 0 Å². The Kier molecular flexibility index (Phi) is 6.66. The molecule has 0 aliphatic rings. The summed E-state index contributed by atoms with van der Waals surface area (Å²) in [5, 5.41) is 9.97. The van der Waals surface area contributed by atoms with Gasteiger partial charge >= 0.3 is 18.3 Å². The highest BCUT2D eigenvalue weighted by Crippen LogP contribution is 2.47. The zero-order chi connectivity index (χ0) is 26.3. The monoisotopic (exact) mass is 527 g/mol. The molecule has 3 aromatic carbocycles. The number of carboxylic acid groups (broad SMARTS) is 1. The summed E-state index contributed by atoms with van der Waals surface area (Å²) >= 11 is 5.90. The number of aromatic nitrogens is 1. The molecule has 2 N–H and O–H groups in total. The van der Waals surface area contributed by atoms with Crippen LogP contribution in [0.5, 0.6) is 11.5 Å². The van der Waals surface area contributed by atoms with Crippen molar-refractivity contribution >= 4 is 28.5 Å². The Bertz CT molecular complexity index is 1390. The number of halogens is 7. The first kappa shape index (κ1) is 25.4. The van der Waals surface area contributed by atoms with E-state index < -0.39 is 47.2 Å². The SMILES string of the molecule is O=C(O)Cc1cc(C(F)(F)F)c(Oc2ccc3[nH]cc(Cc4ccc(Cl)cc4)c3c2)c(C(F)(F)F)c1. The van der Waals surface area contributed by atoms with Gasteiger partial charge in [-0.2, -0.15) is 26.3 Å². The third kappa shape index (κ3) is 5.59. The Morgan fingerprint density at radius 1 is 0.889 bits per heavy atom. The second-order valence-corrected chi connectivity index (χ2v) is 8.45. The summed E-state index contributed by atoms with van der Waals surface area (Å²) in [7, 11) is 0. The van der Waals surface area contributed by atoms with E-state index in [1.165, 1.54) is 18.2 Å². The van der Waals surface area contributed by atoms with Gasteiger partial charge in [0.25, 0.3) is 0 Å². The molecule has 4 rings (SSSR count). The van der Waals surface area contributed by atoms with Crippen molar-refractivity contribution in [2.45, 2.75) is 25.2 Å². The first-order chi connectivity index (χ1) is 16.8. The van der Waals surface area contributed by atoms with Crippen LogP contribution in [0.3, 0.4) is 0 Å². The largest absolute Gasteiger partial charge is 0.481 e. The molecular weight excluding hydrogens is 512 g/mol. The van der Waals surface area contributed by atoms with Crippen molar-refractivity contribution in [1.82, 2.24) is 4.98 Å². The zero-order valence-corrected chi connectivity index (χ0v) is 18.9. The number of nitrogens with one attached hydrogen (secondary N) is 1. The summed E-state index contributed by atoms with van der Waals surface area (Å²) in [6, 6.07) is 11.8. The van der Waals surface area contributed by atoms with Gasteiger partial charge in [-0.25, -0.2) is 0 Å². The average Bonchev–Trinajstić information content (AvgIpc) is 3.16. The molecule has 0 fully saturated rings. The zero-order valence-electron chi connectivity index (χ0n) is 18.1. The lowest BCUT2D eigenvalue weighted by Gasteiger charge is -2.20. The van der Waals surface area contributed by atoms with E-state index in [1.807, 2.05) is 0 Å². The number of H-pyrrole nitrogens is 1. The summed E-state index contributed by atoms with van der Waals surface area (Å²) in [5.41, 5.74) is -1.86. The Hall–Kier alpha value is -3.66. The van der Waals surface area contributed by atoms with E-state index in [0.29, 0.717) is 34.5 Å². The van der Waals surface area contributed by atoms with Gasteiger partial charge in [-0.1, -0.05) is 23.7 Å². The molecule has 1 aromatic heterocycles. The fraction of sp³-hybridized carbons (Fsp3) is 0.160. The number of carbonyl (C=O) groups is 1. The molecule has 0 aliphatic carbocycles. The number of alkyl halides is 6. The molecule has 11 heteroatoms. The molecule has 0 aliphatic heterocycles. The third-order valence-corrected chi connectivity index (χ3v) is 5.63. The molecular formula is C25H16ClF6NO3. The highest BCUT2D eigenvalue weighted by molar-refractivity contribution is 6.30. The quantitative estimate of drug-likeness (QED) is 0.251. The predicted octanol–water partition coefficient (Wildman–Crippen LogP) is 7.87. The van der Waals surface area contributed by atoms with E-state index in [2.05, 4.69) is 4.98 Å². The Balaban J connectivity index is 1.79. The van der Waals surface area contributed by atoms with Gasteiger partial charge in [0.05, 0.1) is 17.5 Å². The third-order valence-electron chi connectivity index (χ3n) is 5.38. The number of hydrogen-bond donors (Lipinski definition) is 2. The van der Waals surface area contributed by atoms with Crippen LogP contribution in [0.25, 0.3) is 10.9 Å². The van der Waals surface area contributed by atoms with E-state index in [-0.39, 0.29) is 5.75 Å². The minimum absolute atomic E-state index is 0.249. The number of rotatable bonds is 6. The van der Waals surface area contributed by atoms with Crippen molar-refractivity contribution in [3.63, 3.8) is 0 Å². The number of aromatic amines is 1. The van der Waals surface area contributed by atoms with Gasteiger partial charge in [-0.3, -0.25) is 4.79 Å². The van der Waals surface area contributed by atoms with Crippen LogP contribution in [0.15, 0.2) is 60.8 Å². The lowest BCUT2D eigenvalue weighted by Crippen LogP contribution is -2.16. The van der Waals surface area contributed by atoms with E-state index in [1.54, 1.807) is 30.5 Å². The van der Waals surface area contributed by atoms with Crippen molar-refractivity contribution in [2.75, 3.05) is 0 Å². The molecule has 0 saturated carbocycles. The maximum Gasteiger partial charge on any atom is 0.420 e. The standard InChI is InChI=1S/C25H16ClF6NO3/c26-16-3-1-13(2-4-16)7-15-12-33-21-6-5-17(11-18(15)21)36-23-19(24(27,28)29)8-14(10-22(34)35)9-20(23)25(30,31)32/h1-6,8-9,11-12,33H,7,10H2,(H,34,35). The summed E-state index contributed by atoms with van der Waals surface area (Å²) < 4.78 is 87.8. The van der Waals surface area contributed by atoms with E-state index in [9.17, 15) is 31.1 Å². The summed E-state index contributed by atoms with van der Waals surface area (Å²) in [6.07, 6.45) is -9.38. The van der Waals surface area contributed by atoms with E-state index in [0.717, 1.165) is 11.1 Å². The smallest absolute Gasteiger partial charge is 0.420 e. The Labute approximate surface area is 205 Å². The maximum absolute atomic E-state index is 13.8. The second-order valence-electron chi connectivity index (χ2n) is 8.01. The number of fused-ring (bicyclic) bond motifs is 1.